The fourth-order valence-electron chi connectivity index (χ4n) is 1.92. The Kier molecular flexibility index (Phi) is 4.09. The summed E-state index contributed by atoms with van der Waals surface area (Å²) < 4.78 is 32.5. The van der Waals surface area contributed by atoms with E-state index < -0.39 is 10.0 Å². The summed E-state index contributed by atoms with van der Waals surface area (Å²) in [4.78, 5) is 0.106. The third kappa shape index (κ3) is 3.11. The van der Waals surface area contributed by atoms with Crippen molar-refractivity contribution < 1.29 is 13.2 Å². The maximum Gasteiger partial charge on any atom is 0.262 e. The van der Waals surface area contributed by atoms with Crippen molar-refractivity contribution in [3.63, 3.8) is 0 Å². The third-order valence-corrected chi connectivity index (χ3v) is 4.73. The topological polar surface area (TPSA) is 81.4 Å². The number of methoxy groups -OCH3 is 1. The molecular weight excluding hydrogens is 288 g/mol. The normalized spacial score (nSPS) is 11.2. The SMILES string of the molecule is COc1cc(S(=O)(=O)Nc2cccc(C)c2C)ccc1N. The van der Waals surface area contributed by atoms with Crippen LogP contribution in [0.5, 0.6) is 5.75 Å². The van der Waals surface area contributed by atoms with E-state index in [1.165, 1.54) is 25.3 Å². The minimum absolute atomic E-state index is 0.106. The summed E-state index contributed by atoms with van der Waals surface area (Å²) in [5.41, 5.74) is 8.56. The summed E-state index contributed by atoms with van der Waals surface area (Å²) >= 11 is 0. The maximum atomic E-state index is 12.4. The molecule has 3 N–H and O–H groups in total. The molecule has 0 amide bonds. The van der Waals surface area contributed by atoms with Crippen molar-refractivity contribution in [3.8, 4) is 5.75 Å². The highest BCUT2D eigenvalue weighted by Gasteiger charge is 2.17. The van der Waals surface area contributed by atoms with Crippen molar-refractivity contribution in [1.29, 1.82) is 0 Å². The number of nitrogens with one attached hydrogen (secondary N) is 1. The van der Waals surface area contributed by atoms with Crippen molar-refractivity contribution in [3.05, 3.63) is 47.5 Å². The molecule has 5 nitrogen and oxygen atoms in total. The summed E-state index contributed by atoms with van der Waals surface area (Å²) in [6, 6.07) is 9.84. The molecule has 2 aromatic carbocycles. The quantitative estimate of drug-likeness (QED) is 0.851. The van der Waals surface area contributed by atoms with E-state index in [1.807, 2.05) is 26.0 Å². The molecule has 0 saturated heterocycles. The first-order chi connectivity index (χ1) is 9.85. The Bertz CT molecular complexity index is 770. The van der Waals surface area contributed by atoms with Crippen molar-refractivity contribution >= 4 is 21.4 Å². The van der Waals surface area contributed by atoms with Gasteiger partial charge in [-0.25, -0.2) is 8.42 Å². The summed E-state index contributed by atoms with van der Waals surface area (Å²) in [6.45, 7) is 3.80. The Balaban J connectivity index is 2.41. The number of anilines is 2. The van der Waals surface area contributed by atoms with E-state index in [2.05, 4.69) is 4.72 Å². The van der Waals surface area contributed by atoms with Crippen LogP contribution in [-0.4, -0.2) is 15.5 Å². The Labute approximate surface area is 124 Å². The second-order valence-electron chi connectivity index (χ2n) is 4.76. The molecule has 21 heavy (non-hydrogen) atoms. The van der Waals surface area contributed by atoms with Crippen LogP contribution in [0.4, 0.5) is 11.4 Å². The van der Waals surface area contributed by atoms with Crippen LogP contribution >= 0.6 is 0 Å². The number of ether oxygens (including phenoxy) is 1. The molecule has 0 aliphatic carbocycles. The highest BCUT2D eigenvalue weighted by molar-refractivity contribution is 7.92. The summed E-state index contributed by atoms with van der Waals surface area (Å²) in [6.07, 6.45) is 0. The lowest BCUT2D eigenvalue weighted by atomic mass is 10.1. The molecule has 0 aromatic heterocycles. The predicted molar refractivity (Wildman–Crippen MR) is 84.1 cm³/mol. The number of nitrogens with two attached hydrogens (primary N) is 1. The van der Waals surface area contributed by atoms with Crippen LogP contribution in [0.25, 0.3) is 0 Å². The molecule has 0 bridgehead atoms. The van der Waals surface area contributed by atoms with Gasteiger partial charge in [0.2, 0.25) is 0 Å². The lowest BCUT2D eigenvalue weighted by molar-refractivity contribution is 0.415. The van der Waals surface area contributed by atoms with Crippen LogP contribution in [0.1, 0.15) is 11.1 Å². The first kappa shape index (κ1) is 15.2. The summed E-state index contributed by atoms with van der Waals surface area (Å²) in [7, 11) is -2.24. The zero-order valence-electron chi connectivity index (χ0n) is 12.2. The second-order valence-corrected chi connectivity index (χ2v) is 6.44. The minimum Gasteiger partial charge on any atom is -0.495 e. The molecule has 0 fully saturated rings. The van der Waals surface area contributed by atoms with Gasteiger partial charge in [0.15, 0.2) is 0 Å². The maximum absolute atomic E-state index is 12.4. The largest absolute Gasteiger partial charge is 0.495 e. The molecule has 2 rings (SSSR count). The van der Waals surface area contributed by atoms with Gasteiger partial charge in [-0.15, -0.1) is 0 Å². The van der Waals surface area contributed by atoms with E-state index in [0.717, 1.165) is 11.1 Å². The summed E-state index contributed by atoms with van der Waals surface area (Å²) in [5.74, 6) is 0.332. The zero-order chi connectivity index (χ0) is 15.6. The van der Waals surface area contributed by atoms with E-state index in [0.29, 0.717) is 17.1 Å². The highest BCUT2D eigenvalue weighted by atomic mass is 32.2. The highest BCUT2D eigenvalue weighted by Crippen LogP contribution is 2.27. The molecule has 2 aromatic rings. The van der Waals surface area contributed by atoms with Gasteiger partial charge in [-0.05, 0) is 43.2 Å². The Morgan fingerprint density at radius 3 is 2.52 bits per heavy atom. The molecular formula is C15H18N2O3S. The molecule has 0 atom stereocenters. The van der Waals surface area contributed by atoms with Gasteiger partial charge < -0.3 is 10.5 Å². The first-order valence-electron chi connectivity index (χ1n) is 6.37. The minimum atomic E-state index is -3.69. The van der Waals surface area contributed by atoms with E-state index >= 15 is 0 Å². The summed E-state index contributed by atoms with van der Waals surface area (Å²) in [5, 5.41) is 0. The van der Waals surface area contributed by atoms with Gasteiger partial charge >= 0.3 is 0 Å². The molecule has 0 heterocycles. The Morgan fingerprint density at radius 1 is 1.14 bits per heavy atom. The Morgan fingerprint density at radius 2 is 1.86 bits per heavy atom. The van der Waals surface area contributed by atoms with Gasteiger partial charge in [0, 0.05) is 6.07 Å². The standard InChI is InChI=1S/C15H18N2O3S/c1-10-5-4-6-14(11(10)2)17-21(18,19)12-7-8-13(16)15(9-12)20-3/h4-9,17H,16H2,1-3H3. The van der Waals surface area contributed by atoms with Gasteiger partial charge in [-0.1, -0.05) is 12.1 Å². The number of aryl methyl sites for hydroxylation is 1. The van der Waals surface area contributed by atoms with Gasteiger partial charge in [0.1, 0.15) is 5.75 Å². The lowest BCUT2D eigenvalue weighted by Crippen LogP contribution is -2.14. The monoisotopic (exact) mass is 306 g/mol. The molecule has 0 aliphatic rings. The zero-order valence-corrected chi connectivity index (χ0v) is 13.0. The third-order valence-electron chi connectivity index (χ3n) is 3.36. The molecule has 0 saturated carbocycles. The van der Waals surface area contributed by atoms with E-state index in [4.69, 9.17) is 10.5 Å². The predicted octanol–water partition coefficient (Wildman–Crippen LogP) is 2.70. The molecule has 0 unspecified atom stereocenters. The van der Waals surface area contributed by atoms with Crippen molar-refractivity contribution in [1.82, 2.24) is 0 Å². The average molecular weight is 306 g/mol. The number of rotatable bonds is 4. The number of nitrogen functional groups attached to an aromatic ring is 1. The average Bonchev–Trinajstić information content (AvgIpc) is 2.44. The first-order valence-corrected chi connectivity index (χ1v) is 7.86. The van der Waals surface area contributed by atoms with Gasteiger partial charge in [-0.2, -0.15) is 0 Å². The Hall–Kier alpha value is -2.21. The van der Waals surface area contributed by atoms with Crippen molar-refractivity contribution in [2.75, 3.05) is 17.6 Å². The van der Waals surface area contributed by atoms with Gasteiger partial charge in [0.25, 0.3) is 10.0 Å². The van der Waals surface area contributed by atoms with E-state index in [1.54, 1.807) is 6.07 Å². The number of hydrogen-bond acceptors (Lipinski definition) is 4. The molecule has 6 heteroatoms. The van der Waals surface area contributed by atoms with Crippen LogP contribution in [-0.2, 0) is 10.0 Å². The molecule has 112 valence electrons. The molecule has 0 spiro atoms. The van der Waals surface area contributed by atoms with Crippen molar-refractivity contribution in [2.45, 2.75) is 18.7 Å². The van der Waals surface area contributed by atoms with E-state index in [-0.39, 0.29) is 4.90 Å². The molecule has 0 aliphatic heterocycles. The number of benzene rings is 2. The van der Waals surface area contributed by atoms with Gasteiger partial charge in [0.05, 0.1) is 23.4 Å². The smallest absolute Gasteiger partial charge is 0.262 e. The van der Waals surface area contributed by atoms with Crippen LogP contribution in [0.15, 0.2) is 41.3 Å². The van der Waals surface area contributed by atoms with Crippen LogP contribution in [0.2, 0.25) is 0 Å². The molecule has 0 radical (unpaired) electrons. The fraction of sp³-hybridized carbons (Fsp3) is 0.200. The van der Waals surface area contributed by atoms with E-state index in [9.17, 15) is 8.42 Å². The number of hydrogen-bond donors (Lipinski definition) is 2. The fourth-order valence-corrected chi connectivity index (χ4v) is 3.06. The van der Waals surface area contributed by atoms with Crippen LogP contribution < -0.4 is 15.2 Å². The lowest BCUT2D eigenvalue weighted by Gasteiger charge is -2.13. The van der Waals surface area contributed by atoms with Crippen molar-refractivity contribution in [2.24, 2.45) is 0 Å². The number of sulfonamides is 1. The van der Waals surface area contributed by atoms with Gasteiger partial charge in [-0.3, -0.25) is 4.72 Å². The van der Waals surface area contributed by atoms with Crippen LogP contribution in [0, 0.1) is 13.8 Å². The van der Waals surface area contributed by atoms with Crippen LogP contribution in [0.3, 0.4) is 0 Å². The second kappa shape index (κ2) is 5.65.